The molecule has 0 bridgehead atoms. The lowest BCUT2D eigenvalue weighted by atomic mass is 10.2. The van der Waals surface area contributed by atoms with E-state index in [2.05, 4.69) is 128 Å². The Morgan fingerprint density at radius 3 is 1.17 bits per heavy atom. The highest BCUT2D eigenvalue weighted by atomic mass is 79.9. The van der Waals surface area contributed by atoms with Crippen molar-refractivity contribution in [1.82, 2.24) is 0 Å². The van der Waals surface area contributed by atoms with Gasteiger partial charge in [0.15, 0.2) is 0 Å². The molecule has 0 aliphatic heterocycles. The maximum atomic E-state index is 4.41. The van der Waals surface area contributed by atoms with Gasteiger partial charge in [0.25, 0.3) is 0 Å². The van der Waals surface area contributed by atoms with E-state index < -0.39 is 7.26 Å². The predicted molar refractivity (Wildman–Crippen MR) is 128 cm³/mol. The highest BCUT2D eigenvalue weighted by molar-refractivity contribution is 7.95. The molecule has 0 unspecified atom stereocenters. The predicted octanol–water partition coefficient (Wildman–Crippen LogP) is 2.61. The lowest BCUT2D eigenvalue weighted by Crippen LogP contribution is -3.00. The van der Waals surface area contributed by atoms with Gasteiger partial charge in [-0.3, -0.25) is 0 Å². The minimum absolute atomic E-state index is 0. The van der Waals surface area contributed by atoms with Gasteiger partial charge in [0.2, 0.25) is 0 Å². The number of hydrogen-bond acceptors (Lipinski definition) is 1. The molecule has 29 heavy (non-hydrogen) atoms. The molecule has 0 radical (unpaired) electrons. The Labute approximate surface area is 190 Å². The van der Waals surface area contributed by atoms with E-state index in [4.69, 9.17) is 0 Å². The zero-order valence-corrected chi connectivity index (χ0v) is 19.5. The van der Waals surface area contributed by atoms with Crippen molar-refractivity contribution in [3.05, 3.63) is 126 Å². The molecular formula is C26H24BrPS. The summed E-state index contributed by atoms with van der Waals surface area (Å²) in [6, 6.07) is 42.1. The third-order valence-corrected chi connectivity index (χ3v) is 9.96. The van der Waals surface area contributed by atoms with Crippen molar-refractivity contribution < 1.29 is 17.0 Å². The van der Waals surface area contributed by atoms with Gasteiger partial charge in [-0.2, -0.15) is 12.6 Å². The van der Waals surface area contributed by atoms with Crippen molar-refractivity contribution in [3.63, 3.8) is 0 Å². The molecule has 4 rings (SSSR count). The lowest BCUT2D eigenvalue weighted by Gasteiger charge is -2.28. The Hall–Kier alpha value is -1.86. The molecule has 0 saturated carbocycles. The second kappa shape index (κ2) is 10.3. The van der Waals surface area contributed by atoms with Crippen LogP contribution in [-0.2, 0) is 11.9 Å². The van der Waals surface area contributed by atoms with Crippen molar-refractivity contribution in [1.29, 1.82) is 0 Å². The van der Waals surface area contributed by atoms with Gasteiger partial charge >= 0.3 is 0 Å². The summed E-state index contributed by atoms with van der Waals surface area (Å²) in [7, 11) is -1.82. The van der Waals surface area contributed by atoms with Crippen molar-refractivity contribution in [2.24, 2.45) is 0 Å². The number of rotatable bonds is 6. The van der Waals surface area contributed by atoms with E-state index in [9.17, 15) is 0 Å². The average molecular weight is 479 g/mol. The van der Waals surface area contributed by atoms with E-state index in [1.807, 2.05) is 0 Å². The van der Waals surface area contributed by atoms with Crippen LogP contribution in [0.5, 0.6) is 0 Å². The van der Waals surface area contributed by atoms with Gasteiger partial charge in [-0.1, -0.05) is 78.9 Å². The summed E-state index contributed by atoms with van der Waals surface area (Å²) in [5, 5.41) is 4.27. The van der Waals surface area contributed by atoms with E-state index >= 15 is 0 Å². The van der Waals surface area contributed by atoms with Crippen LogP contribution in [0.2, 0.25) is 0 Å². The smallest absolute Gasteiger partial charge is 0.116 e. The fourth-order valence-electron chi connectivity index (χ4n) is 3.79. The number of thiol groups is 1. The third kappa shape index (κ3) is 4.67. The van der Waals surface area contributed by atoms with Gasteiger partial charge in [0.05, 0.1) is 6.16 Å². The summed E-state index contributed by atoms with van der Waals surface area (Å²) in [5.41, 5.74) is 2.63. The van der Waals surface area contributed by atoms with Gasteiger partial charge in [0.1, 0.15) is 23.2 Å². The van der Waals surface area contributed by atoms with Gasteiger partial charge in [-0.25, -0.2) is 0 Å². The maximum absolute atomic E-state index is 4.41. The molecule has 0 aromatic heterocycles. The largest absolute Gasteiger partial charge is 1.00 e. The van der Waals surface area contributed by atoms with E-state index in [1.165, 1.54) is 27.0 Å². The highest BCUT2D eigenvalue weighted by Gasteiger charge is 2.45. The van der Waals surface area contributed by atoms with E-state index in [0.29, 0.717) is 0 Å². The standard InChI is InChI=1S/C26H23PS.BrH/c28-21-23-18-16-22(17-19-23)20-27(24-10-4-1-5-11-24,25-12-6-2-7-13-25)26-14-8-3-9-15-26;/h1-19H,20-21H2;1H. The van der Waals surface area contributed by atoms with Crippen molar-refractivity contribution in [2.45, 2.75) is 11.9 Å². The van der Waals surface area contributed by atoms with Gasteiger partial charge < -0.3 is 17.0 Å². The molecule has 4 aromatic rings. The monoisotopic (exact) mass is 478 g/mol. The third-order valence-electron chi connectivity index (χ3n) is 5.22. The van der Waals surface area contributed by atoms with Crippen LogP contribution in [0.25, 0.3) is 0 Å². The molecule has 0 aliphatic carbocycles. The molecule has 4 aromatic carbocycles. The zero-order chi connectivity index (χ0) is 19.2. The van der Waals surface area contributed by atoms with Crippen LogP contribution in [0, 0.1) is 0 Å². The molecular weight excluding hydrogens is 455 g/mol. The second-order valence-corrected chi connectivity index (χ2v) is 10.8. The molecule has 0 saturated heterocycles. The minimum atomic E-state index is -1.82. The Balaban J connectivity index is 0.00000240. The quantitative estimate of drug-likeness (QED) is 0.319. The minimum Gasteiger partial charge on any atom is -1.00 e. The van der Waals surface area contributed by atoms with Crippen LogP contribution < -0.4 is 32.9 Å². The van der Waals surface area contributed by atoms with E-state index in [0.717, 1.165) is 11.9 Å². The molecule has 3 heteroatoms. The fraction of sp³-hybridized carbons (Fsp3) is 0.0769. The molecule has 0 fully saturated rings. The fourth-order valence-corrected chi connectivity index (χ4v) is 8.25. The number of benzene rings is 4. The summed E-state index contributed by atoms with van der Waals surface area (Å²) >= 11 is 4.41. The Kier molecular flexibility index (Phi) is 7.72. The number of hydrogen-bond donors (Lipinski definition) is 1. The lowest BCUT2D eigenvalue weighted by molar-refractivity contribution is -0.00000537. The summed E-state index contributed by atoms with van der Waals surface area (Å²) in [6.45, 7) is 0. The maximum Gasteiger partial charge on any atom is 0.116 e. The summed E-state index contributed by atoms with van der Waals surface area (Å²) in [6.07, 6.45) is 1.01. The van der Waals surface area contributed by atoms with Gasteiger partial charge in [-0.05, 0) is 47.5 Å². The summed E-state index contributed by atoms with van der Waals surface area (Å²) < 4.78 is 0. The normalized spacial score (nSPS) is 10.9. The van der Waals surface area contributed by atoms with Crippen LogP contribution in [0.1, 0.15) is 11.1 Å². The van der Waals surface area contributed by atoms with Crippen LogP contribution >= 0.6 is 19.9 Å². The zero-order valence-electron chi connectivity index (χ0n) is 16.2. The number of halogens is 1. The first-order valence-corrected chi connectivity index (χ1v) is 12.2. The summed E-state index contributed by atoms with van der Waals surface area (Å²) in [5.74, 6) is 0.774. The Morgan fingerprint density at radius 1 is 0.483 bits per heavy atom. The average Bonchev–Trinajstić information content (AvgIpc) is 2.80. The van der Waals surface area contributed by atoms with Crippen LogP contribution in [0.4, 0.5) is 0 Å². The second-order valence-electron chi connectivity index (χ2n) is 6.95. The highest BCUT2D eigenvalue weighted by Crippen LogP contribution is 2.58. The summed E-state index contributed by atoms with van der Waals surface area (Å²) in [4.78, 5) is 0. The molecule has 0 amide bonds. The molecule has 0 N–H and O–H groups in total. The molecule has 0 heterocycles. The SMILES string of the molecule is SCc1ccc(C[P+](c2ccccc2)(c2ccccc2)c2ccccc2)cc1.[Br-]. The molecule has 0 aliphatic rings. The van der Waals surface area contributed by atoms with E-state index in [1.54, 1.807) is 0 Å². The van der Waals surface area contributed by atoms with Crippen LogP contribution in [-0.4, -0.2) is 0 Å². The molecule has 146 valence electrons. The van der Waals surface area contributed by atoms with Crippen molar-refractivity contribution in [3.8, 4) is 0 Å². The first-order valence-electron chi connectivity index (χ1n) is 9.56. The van der Waals surface area contributed by atoms with E-state index in [-0.39, 0.29) is 17.0 Å². The topological polar surface area (TPSA) is 0 Å². The van der Waals surface area contributed by atoms with Crippen LogP contribution in [0.15, 0.2) is 115 Å². The first-order chi connectivity index (χ1) is 13.8. The van der Waals surface area contributed by atoms with Gasteiger partial charge in [0, 0.05) is 5.75 Å². The Morgan fingerprint density at radius 2 is 0.828 bits per heavy atom. The van der Waals surface area contributed by atoms with Crippen LogP contribution in [0.3, 0.4) is 0 Å². The van der Waals surface area contributed by atoms with Gasteiger partial charge in [-0.15, -0.1) is 0 Å². The molecule has 0 atom stereocenters. The molecule has 0 nitrogen and oxygen atoms in total. The first kappa shape index (κ1) is 21.8. The molecule has 0 spiro atoms. The van der Waals surface area contributed by atoms with Crippen molar-refractivity contribution in [2.75, 3.05) is 0 Å². The Bertz CT molecular complexity index is 906. The van der Waals surface area contributed by atoms with Crippen molar-refractivity contribution >= 4 is 35.8 Å².